The number of halogens is 3. The largest absolute Gasteiger partial charge is 0.294 e. The second kappa shape index (κ2) is 3.89. The number of rotatable bonds is 3. The first-order valence-corrected chi connectivity index (χ1v) is 5.13. The van der Waals surface area contributed by atoms with E-state index < -0.39 is 11.6 Å². The normalized spacial score (nSPS) is 15.4. The monoisotopic (exact) mass is 230 g/mol. The van der Waals surface area contributed by atoms with E-state index in [4.69, 9.17) is 11.6 Å². The summed E-state index contributed by atoms with van der Waals surface area (Å²) in [4.78, 5) is 11.6. The third kappa shape index (κ3) is 2.34. The van der Waals surface area contributed by atoms with Gasteiger partial charge in [-0.2, -0.15) is 0 Å². The molecule has 0 spiro atoms. The second-order valence-corrected chi connectivity index (χ2v) is 4.22. The van der Waals surface area contributed by atoms with Gasteiger partial charge in [0, 0.05) is 12.0 Å². The lowest BCUT2D eigenvalue weighted by molar-refractivity contribution is 0.0975. The molecule has 0 unspecified atom stereocenters. The Bertz CT molecular complexity index is 413. The van der Waals surface area contributed by atoms with E-state index in [2.05, 4.69) is 0 Å². The van der Waals surface area contributed by atoms with Crippen LogP contribution in [0.25, 0.3) is 0 Å². The van der Waals surface area contributed by atoms with Gasteiger partial charge in [0.25, 0.3) is 0 Å². The van der Waals surface area contributed by atoms with E-state index in [1.165, 1.54) is 0 Å². The number of carbonyl (C=O) groups is 1. The molecule has 15 heavy (non-hydrogen) atoms. The van der Waals surface area contributed by atoms with Crippen LogP contribution in [-0.2, 0) is 0 Å². The lowest BCUT2D eigenvalue weighted by Crippen LogP contribution is -2.03. The summed E-state index contributed by atoms with van der Waals surface area (Å²) >= 11 is 5.67. The van der Waals surface area contributed by atoms with E-state index in [0.717, 1.165) is 25.0 Å². The Kier molecular flexibility index (Phi) is 2.74. The maximum Gasteiger partial charge on any atom is 0.164 e. The molecule has 1 aromatic rings. The van der Waals surface area contributed by atoms with Crippen molar-refractivity contribution in [3.8, 4) is 0 Å². The minimum atomic E-state index is -1.03. The molecular weight excluding hydrogens is 222 g/mol. The summed E-state index contributed by atoms with van der Waals surface area (Å²) in [5, 5.41) is -0.0143. The number of hydrogen-bond donors (Lipinski definition) is 0. The Labute approximate surface area is 91.0 Å². The van der Waals surface area contributed by atoms with Gasteiger partial charge in [0.05, 0.1) is 5.02 Å². The number of benzene rings is 1. The van der Waals surface area contributed by atoms with Crippen molar-refractivity contribution in [2.75, 3.05) is 0 Å². The van der Waals surface area contributed by atoms with Gasteiger partial charge in [-0.3, -0.25) is 4.79 Å². The van der Waals surface area contributed by atoms with Gasteiger partial charge in [0.1, 0.15) is 0 Å². The van der Waals surface area contributed by atoms with Crippen molar-refractivity contribution >= 4 is 17.4 Å². The maximum absolute atomic E-state index is 12.9. The van der Waals surface area contributed by atoms with Gasteiger partial charge < -0.3 is 0 Å². The summed E-state index contributed by atoms with van der Waals surface area (Å²) in [5.41, 5.74) is 0.0856. The van der Waals surface area contributed by atoms with Crippen LogP contribution in [0, 0.1) is 17.6 Å². The molecule has 1 aromatic carbocycles. The SMILES string of the molecule is O=C(CC1CC1)c1cc(F)c(F)cc1Cl. The molecule has 0 N–H and O–H groups in total. The Hall–Kier alpha value is -0.960. The topological polar surface area (TPSA) is 17.1 Å². The highest BCUT2D eigenvalue weighted by atomic mass is 35.5. The van der Waals surface area contributed by atoms with Gasteiger partial charge in [0.2, 0.25) is 0 Å². The number of hydrogen-bond acceptors (Lipinski definition) is 1. The summed E-state index contributed by atoms with van der Waals surface area (Å²) in [6, 6.07) is 1.72. The van der Waals surface area contributed by atoms with Crippen LogP contribution in [0.3, 0.4) is 0 Å². The van der Waals surface area contributed by atoms with Crippen molar-refractivity contribution in [3.05, 3.63) is 34.4 Å². The van der Waals surface area contributed by atoms with Gasteiger partial charge >= 0.3 is 0 Å². The second-order valence-electron chi connectivity index (χ2n) is 3.82. The van der Waals surface area contributed by atoms with Crippen molar-refractivity contribution in [2.24, 2.45) is 5.92 Å². The van der Waals surface area contributed by atoms with Crippen LogP contribution in [0.2, 0.25) is 5.02 Å². The first-order chi connectivity index (χ1) is 7.08. The van der Waals surface area contributed by atoms with Gasteiger partial charge in [0.15, 0.2) is 17.4 Å². The molecule has 0 radical (unpaired) electrons. The van der Waals surface area contributed by atoms with Gasteiger partial charge in [-0.15, -0.1) is 0 Å². The molecule has 0 heterocycles. The van der Waals surface area contributed by atoms with Gasteiger partial charge in [-0.25, -0.2) is 8.78 Å². The van der Waals surface area contributed by atoms with Crippen molar-refractivity contribution < 1.29 is 13.6 Å². The van der Waals surface area contributed by atoms with Crippen LogP contribution in [-0.4, -0.2) is 5.78 Å². The first-order valence-electron chi connectivity index (χ1n) is 4.75. The molecule has 0 saturated heterocycles. The molecule has 0 aromatic heterocycles. The summed E-state index contributed by atoms with van der Waals surface area (Å²) < 4.78 is 25.6. The van der Waals surface area contributed by atoms with E-state index in [-0.39, 0.29) is 16.4 Å². The minimum Gasteiger partial charge on any atom is -0.294 e. The minimum absolute atomic E-state index is 0.0143. The predicted molar refractivity (Wildman–Crippen MR) is 53.0 cm³/mol. The van der Waals surface area contributed by atoms with Crippen molar-refractivity contribution in [1.82, 2.24) is 0 Å². The molecule has 0 atom stereocenters. The molecule has 2 rings (SSSR count). The molecular formula is C11H9ClF2O. The van der Waals surface area contributed by atoms with Crippen LogP contribution in [0.15, 0.2) is 12.1 Å². The zero-order chi connectivity index (χ0) is 11.0. The Morgan fingerprint density at radius 3 is 2.53 bits per heavy atom. The molecule has 1 aliphatic carbocycles. The third-order valence-corrected chi connectivity index (χ3v) is 2.79. The van der Waals surface area contributed by atoms with Crippen LogP contribution >= 0.6 is 11.6 Å². The van der Waals surface area contributed by atoms with Gasteiger partial charge in [-0.05, 0) is 30.9 Å². The molecule has 0 bridgehead atoms. The zero-order valence-corrected chi connectivity index (χ0v) is 8.65. The molecule has 80 valence electrons. The summed E-state index contributed by atoms with van der Waals surface area (Å²) in [6.07, 6.45) is 2.45. The van der Waals surface area contributed by atoms with Crippen LogP contribution in [0.4, 0.5) is 8.78 Å². The van der Waals surface area contributed by atoms with Crippen molar-refractivity contribution in [3.63, 3.8) is 0 Å². The van der Waals surface area contributed by atoms with Crippen molar-refractivity contribution in [2.45, 2.75) is 19.3 Å². The molecule has 1 aliphatic rings. The molecule has 0 aliphatic heterocycles. The smallest absolute Gasteiger partial charge is 0.164 e. The number of Topliss-reactive ketones (excluding diaryl/α,β-unsaturated/α-hetero) is 1. The van der Waals surface area contributed by atoms with Crippen molar-refractivity contribution in [1.29, 1.82) is 0 Å². The van der Waals surface area contributed by atoms with Crippen LogP contribution in [0.5, 0.6) is 0 Å². The fourth-order valence-corrected chi connectivity index (χ4v) is 1.69. The highest BCUT2D eigenvalue weighted by Gasteiger charge is 2.26. The Morgan fingerprint density at radius 2 is 1.93 bits per heavy atom. The first kappa shape index (κ1) is 10.6. The average molecular weight is 231 g/mol. The van der Waals surface area contributed by atoms with Crippen LogP contribution in [0.1, 0.15) is 29.6 Å². The fourth-order valence-electron chi connectivity index (χ4n) is 1.43. The third-order valence-electron chi connectivity index (χ3n) is 2.48. The van der Waals surface area contributed by atoms with E-state index in [9.17, 15) is 13.6 Å². The van der Waals surface area contributed by atoms with Gasteiger partial charge in [-0.1, -0.05) is 11.6 Å². The standard InChI is InChI=1S/C11H9ClF2O/c12-8-5-10(14)9(13)4-7(8)11(15)3-6-1-2-6/h4-6H,1-3H2. The summed E-state index contributed by atoms with van der Waals surface area (Å²) in [7, 11) is 0. The fraction of sp³-hybridized carbons (Fsp3) is 0.364. The summed E-state index contributed by atoms with van der Waals surface area (Å²) in [5.74, 6) is -1.86. The molecule has 1 saturated carbocycles. The quantitative estimate of drug-likeness (QED) is 0.573. The Balaban J connectivity index is 2.25. The maximum atomic E-state index is 12.9. The highest BCUT2D eigenvalue weighted by Crippen LogP contribution is 2.34. The predicted octanol–water partition coefficient (Wildman–Crippen LogP) is 3.60. The van der Waals surface area contributed by atoms with E-state index >= 15 is 0 Å². The number of carbonyl (C=O) groups excluding carboxylic acids is 1. The van der Waals surface area contributed by atoms with Crippen LogP contribution < -0.4 is 0 Å². The molecule has 0 amide bonds. The Morgan fingerprint density at radius 1 is 1.33 bits per heavy atom. The lowest BCUT2D eigenvalue weighted by Gasteiger charge is -2.03. The molecule has 4 heteroatoms. The average Bonchev–Trinajstić information content (AvgIpc) is 2.95. The highest BCUT2D eigenvalue weighted by molar-refractivity contribution is 6.34. The zero-order valence-electron chi connectivity index (χ0n) is 7.90. The van der Waals surface area contributed by atoms with E-state index in [1.807, 2.05) is 0 Å². The van der Waals surface area contributed by atoms with E-state index in [0.29, 0.717) is 12.3 Å². The van der Waals surface area contributed by atoms with E-state index in [1.54, 1.807) is 0 Å². The summed E-state index contributed by atoms with van der Waals surface area (Å²) in [6.45, 7) is 0. The molecule has 1 nitrogen and oxygen atoms in total. The number of ketones is 1. The molecule has 1 fully saturated rings. The lowest BCUT2D eigenvalue weighted by atomic mass is 10.1.